The van der Waals surface area contributed by atoms with Gasteiger partial charge in [0.25, 0.3) is 0 Å². The molecule has 0 N–H and O–H groups in total. The minimum Gasteiger partial charge on any atom is -0.272 e. The predicted molar refractivity (Wildman–Crippen MR) is 78.8 cm³/mol. The molecule has 2 rings (SSSR count). The Bertz CT molecular complexity index is 281. The van der Waals surface area contributed by atoms with E-state index < -0.39 is 20.1 Å². The second-order valence-corrected chi connectivity index (χ2v) is 8.72. The molecule has 0 aromatic carbocycles. The molecule has 0 aromatic heterocycles. The van der Waals surface area contributed by atoms with Crippen LogP contribution in [-0.2, 0) is 15.3 Å². The molecule has 2 aliphatic rings. The summed E-state index contributed by atoms with van der Waals surface area (Å²) < 4.78 is 17.7. The first-order valence-corrected chi connectivity index (χ1v) is 8.57. The Hall–Kier alpha value is 0.810. The third-order valence-electron chi connectivity index (χ3n) is 3.81. The van der Waals surface area contributed by atoms with Crippen LogP contribution in [-0.4, -0.2) is 13.2 Å². The molecule has 0 aliphatic heterocycles. The molecular weight excluding hydrogens is 272 g/mol. The zero-order valence-electron chi connectivity index (χ0n) is 10.2. The molecule has 0 amide bonds. The third kappa shape index (κ3) is 3.64. The lowest BCUT2D eigenvalue weighted by molar-refractivity contribution is 0.137. The van der Waals surface area contributed by atoms with Crippen LogP contribution in [0.4, 0.5) is 0 Å². The van der Waals surface area contributed by atoms with Gasteiger partial charge < -0.3 is 0 Å². The van der Waals surface area contributed by atoms with Crippen LogP contribution in [0.1, 0.15) is 64.2 Å². The molecule has 2 fully saturated rings. The first-order valence-electron chi connectivity index (χ1n) is 6.60. The summed E-state index contributed by atoms with van der Waals surface area (Å²) >= 11 is 7.90. The number of thiol groups is 2. The minimum absolute atomic E-state index is 0.439. The molecule has 1 unspecified atom stereocenters. The SMILES string of the molecule is O=S(OC1(S)CCCCC1)C1(S)CCCCC1. The highest BCUT2D eigenvalue weighted by molar-refractivity contribution is 8.00. The molecular formula is C12H22O2S3. The summed E-state index contributed by atoms with van der Waals surface area (Å²) in [5, 5.41) is 0. The molecule has 2 aliphatic carbocycles. The molecule has 2 saturated carbocycles. The van der Waals surface area contributed by atoms with E-state index in [1.54, 1.807) is 0 Å². The molecule has 0 aromatic rings. The second kappa shape index (κ2) is 5.85. The summed E-state index contributed by atoms with van der Waals surface area (Å²) in [6, 6.07) is 0. The largest absolute Gasteiger partial charge is 0.272 e. The lowest BCUT2D eigenvalue weighted by Gasteiger charge is -2.37. The van der Waals surface area contributed by atoms with Crippen molar-refractivity contribution in [1.29, 1.82) is 0 Å². The minimum atomic E-state index is -1.32. The van der Waals surface area contributed by atoms with Crippen LogP contribution in [0.2, 0.25) is 0 Å². The average Bonchev–Trinajstić information content (AvgIpc) is 2.30. The van der Waals surface area contributed by atoms with Gasteiger partial charge in [-0.05, 0) is 38.5 Å². The maximum absolute atomic E-state index is 12.4. The van der Waals surface area contributed by atoms with Gasteiger partial charge in [-0.15, -0.1) is 12.6 Å². The molecule has 0 saturated heterocycles. The Morgan fingerprint density at radius 2 is 1.29 bits per heavy atom. The predicted octanol–water partition coefficient (Wildman–Crippen LogP) is 3.85. The van der Waals surface area contributed by atoms with Gasteiger partial charge in [-0.2, -0.15) is 12.6 Å². The van der Waals surface area contributed by atoms with E-state index in [1.807, 2.05) is 0 Å². The Balaban J connectivity index is 1.95. The van der Waals surface area contributed by atoms with E-state index in [2.05, 4.69) is 25.3 Å². The maximum atomic E-state index is 12.4. The van der Waals surface area contributed by atoms with Crippen molar-refractivity contribution in [2.24, 2.45) is 0 Å². The average molecular weight is 295 g/mol. The van der Waals surface area contributed by atoms with Gasteiger partial charge >= 0.3 is 0 Å². The van der Waals surface area contributed by atoms with Gasteiger partial charge in [0.05, 0.1) is 0 Å². The Morgan fingerprint density at radius 3 is 1.82 bits per heavy atom. The summed E-state index contributed by atoms with van der Waals surface area (Å²) in [5.74, 6) is 0. The summed E-state index contributed by atoms with van der Waals surface area (Å²) in [4.78, 5) is -0.476. The van der Waals surface area contributed by atoms with Gasteiger partial charge in [0.1, 0.15) is 9.01 Å². The van der Waals surface area contributed by atoms with Crippen LogP contribution in [0.5, 0.6) is 0 Å². The molecule has 0 bridgehead atoms. The lowest BCUT2D eigenvalue weighted by atomic mass is 9.97. The van der Waals surface area contributed by atoms with Gasteiger partial charge in [0.15, 0.2) is 11.1 Å². The summed E-state index contributed by atoms with van der Waals surface area (Å²) in [5.41, 5.74) is 0. The van der Waals surface area contributed by atoms with E-state index in [0.717, 1.165) is 51.4 Å². The van der Waals surface area contributed by atoms with Gasteiger partial charge in [-0.3, -0.25) is 4.18 Å². The first kappa shape index (κ1) is 14.2. The van der Waals surface area contributed by atoms with Crippen LogP contribution in [0.25, 0.3) is 0 Å². The topological polar surface area (TPSA) is 26.3 Å². The zero-order valence-corrected chi connectivity index (χ0v) is 12.8. The smallest absolute Gasteiger partial charge is 0.173 e. The maximum Gasteiger partial charge on any atom is 0.173 e. The molecule has 0 radical (unpaired) electrons. The number of rotatable bonds is 3. The van der Waals surface area contributed by atoms with Crippen molar-refractivity contribution in [3.63, 3.8) is 0 Å². The van der Waals surface area contributed by atoms with Gasteiger partial charge in [-0.1, -0.05) is 25.7 Å². The van der Waals surface area contributed by atoms with E-state index in [0.29, 0.717) is 0 Å². The van der Waals surface area contributed by atoms with Crippen LogP contribution < -0.4 is 0 Å². The zero-order chi connectivity index (χ0) is 12.4. The summed E-state index contributed by atoms with van der Waals surface area (Å²) in [6.07, 6.45) is 10.5. The van der Waals surface area contributed by atoms with Crippen LogP contribution in [0.3, 0.4) is 0 Å². The summed E-state index contributed by atoms with van der Waals surface area (Å²) in [7, 11) is 0. The van der Waals surface area contributed by atoms with Crippen molar-refractivity contribution < 1.29 is 8.39 Å². The van der Waals surface area contributed by atoms with E-state index in [9.17, 15) is 4.21 Å². The molecule has 5 heteroatoms. The first-order chi connectivity index (χ1) is 8.04. The van der Waals surface area contributed by atoms with Crippen molar-refractivity contribution in [2.45, 2.75) is 73.2 Å². The number of hydrogen-bond acceptors (Lipinski definition) is 4. The van der Waals surface area contributed by atoms with E-state index in [4.69, 9.17) is 4.18 Å². The summed E-state index contributed by atoms with van der Waals surface area (Å²) in [6.45, 7) is 0. The normalized spacial score (nSPS) is 29.8. The van der Waals surface area contributed by atoms with Crippen LogP contribution in [0, 0.1) is 0 Å². The van der Waals surface area contributed by atoms with Crippen molar-refractivity contribution in [3.8, 4) is 0 Å². The van der Waals surface area contributed by atoms with Crippen molar-refractivity contribution in [2.75, 3.05) is 0 Å². The van der Waals surface area contributed by atoms with Gasteiger partial charge in [-0.25, -0.2) is 4.21 Å². The van der Waals surface area contributed by atoms with Gasteiger partial charge in [0, 0.05) is 0 Å². The highest BCUT2D eigenvalue weighted by atomic mass is 32.2. The Morgan fingerprint density at radius 1 is 0.824 bits per heavy atom. The van der Waals surface area contributed by atoms with Gasteiger partial charge in [0.2, 0.25) is 0 Å². The standard InChI is InChI=1S/C12H22O2S3/c13-17(12(16)9-5-2-6-10-12)14-11(15)7-3-1-4-8-11/h15-16H,1-10H2. The van der Waals surface area contributed by atoms with Crippen molar-refractivity contribution in [3.05, 3.63) is 0 Å². The molecule has 17 heavy (non-hydrogen) atoms. The van der Waals surface area contributed by atoms with E-state index in [-0.39, 0.29) is 0 Å². The molecule has 1 atom stereocenters. The molecule has 0 heterocycles. The molecule has 0 spiro atoms. The Labute approximate surface area is 118 Å². The highest BCUT2D eigenvalue weighted by Crippen LogP contribution is 2.42. The highest BCUT2D eigenvalue weighted by Gasteiger charge is 2.40. The van der Waals surface area contributed by atoms with Crippen molar-refractivity contribution in [1.82, 2.24) is 0 Å². The molecule has 2 nitrogen and oxygen atoms in total. The monoisotopic (exact) mass is 294 g/mol. The lowest BCUT2D eigenvalue weighted by Crippen LogP contribution is -2.38. The Kier molecular flexibility index (Phi) is 4.89. The third-order valence-corrected chi connectivity index (χ3v) is 6.87. The van der Waals surface area contributed by atoms with Crippen molar-refractivity contribution >= 4 is 36.3 Å². The van der Waals surface area contributed by atoms with Crippen LogP contribution in [0.15, 0.2) is 0 Å². The molecule has 100 valence electrons. The second-order valence-electron chi connectivity index (χ2n) is 5.33. The van der Waals surface area contributed by atoms with E-state index in [1.165, 1.54) is 12.8 Å². The quantitative estimate of drug-likeness (QED) is 0.611. The van der Waals surface area contributed by atoms with Crippen LogP contribution >= 0.6 is 25.3 Å². The van der Waals surface area contributed by atoms with E-state index >= 15 is 0 Å². The fourth-order valence-corrected chi connectivity index (χ4v) is 4.85. The fraction of sp³-hybridized carbons (Fsp3) is 1.00. The number of hydrogen-bond donors (Lipinski definition) is 2. The fourth-order valence-electron chi connectivity index (χ4n) is 2.68.